The van der Waals surface area contributed by atoms with E-state index >= 15 is 0 Å². The molecule has 2 aromatic carbocycles. The van der Waals surface area contributed by atoms with E-state index < -0.39 is 20.6 Å². The Morgan fingerprint density at radius 2 is 1.97 bits per heavy atom. The summed E-state index contributed by atoms with van der Waals surface area (Å²) in [6.07, 6.45) is 0. The average Bonchev–Trinajstić information content (AvgIpc) is 3.32. The van der Waals surface area contributed by atoms with E-state index in [1.54, 1.807) is 31.4 Å². The lowest BCUT2D eigenvalue weighted by molar-refractivity contribution is -0.386. The van der Waals surface area contributed by atoms with Crippen molar-refractivity contribution >= 4 is 15.7 Å². The molecular weight excluding hydrogens is 456 g/mol. The van der Waals surface area contributed by atoms with Crippen molar-refractivity contribution in [2.45, 2.75) is 11.5 Å². The molecule has 0 saturated carbocycles. The van der Waals surface area contributed by atoms with Gasteiger partial charge in [0.25, 0.3) is 5.89 Å². The Kier molecular flexibility index (Phi) is 6.53. The largest absolute Gasteiger partial charge is 0.497 e. The molecule has 1 aromatic heterocycles. The second-order valence-electron chi connectivity index (χ2n) is 6.94. The SMILES string of the molecule is COc1cccc(-c2noc(COc3ccc(S(=O)(=O)N4CCOCC4)cc3[N+](=O)[O-])n2)c1. The molecule has 0 radical (unpaired) electrons. The van der Waals surface area contributed by atoms with E-state index in [9.17, 15) is 18.5 Å². The number of sulfonamides is 1. The highest BCUT2D eigenvalue weighted by molar-refractivity contribution is 7.89. The van der Waals surface area contributed by atoms with Gasteiger partial charge in [0.2, 0.25) is 15.8 Å². The molecule has 174 valence electrons. The van der Waals surface area contributed by atoms with Crippen molar-refractivity contribution in [3.63, 3.8) is 0 Å². The van der Waals surface area contributed by atoms with Gasteiger partial charge in [0.05, 0.1) is 30.1 Å². The maximum Gasteiger partial charge on any atom is 0.312 e. The number of rotatable bonds is 8. The standard InChI is InChI=1S/C20H20N4O8S/c1-29-15-4-2-3-14(11-15)20-21-19(32-22-20)13-31-18-6-5-16(12-17(18)24(25)26)33(27,28)23-7-9-30-10-8-23/h2-6,11-12H,7-10,13H2,1H3. The molecule has 12 nitrogen and oxygen atoms in total. The molecule has 0 atom stereocenters. The monoisotopic (exact) mass is 476 g/mol. The molecule has 0 unspecified atom stereocenters. The van der Waals surface area contributed by atoms with Crippen molar-refractivity contribution < 1.29 is 32.1 Å². The molecule has 0 bridgehead atoms. The highest BCUT2D eigenvalue weighted by atomic mass is 32.2. The Labute approximate surface area is 188 Å². The highest BCUT2D eigenvalue weighted by Crippen LogP contribution is 2.32. The Morgan fingerprint density at radius 1 is 1.18 bits per heavy atom. The van der Waals surface area contributed by atoms with E-state index in [1.165, 1.54) is 16.4 Å². The molecule has 1 saturated heterocycles. The maximum absolute atomic E-state index is 12.8. The summed E-state index contributed by atoms with van der Waals surface area (Å²) in [5.74, 6) is 0.890. The number of methoxy groups -OCH3 is 1. The van der Waals surface area contributed by atoms with Gasteiger partial charge in [0.1, 0.15) is 5.75 Å². The number of ether oxygens (including phenoxy) is 3. The van der Waals surface area contributed by atoms with Crippen LogP contribution >= 0.6 is 0 Å². The number of hydrogen-bond donors (Lipinski definition) is 0. The van der Waals surface area contributed by atoms with Gasteiger partial charge in [0, 0.05) is 24.7 Å². The number of benzene rings is 2. The first-order chi connectivity index (χ1) is 15.9. The molecule has 0 N–H and O–H groups in total. The molecule has 0 spiro atoms. The van der Waals surface area contributed by atoms with Crippen molar-refractivity contribution in [3.05, 3.63) is 58.5 Å². The van der Waals surface area contributed by atoms with Crippen molar-refractivity contribution in [1.82, 2.24) is 14.4 Å². The molecule has 33 heavy (non-hydrogen) atoms. The molecule has 0 aliphatic carbocycles. The lowest BCUT2D eigenvalue weighted by atomic mass is 10.2. The van der Waals surface area contributed by atoms with Crippen LogP contribution in [0.15, 0.2) is 51.9 Å². The van der Waals surface area contributed by atoms with Crippen molar-refractivity contribution in [1.29, 1.82) is 0 Å². The van der Waals surface area contributed by atoms with Crippen LogP contribution in [-0.2, 0) is 21.4 Å². The van der Waals surface area contributed by atoms with Crippen molar-refractivity contribution in [2.75, 3.05) is 33.4 Å². The lowest BCUT2D eigenvalue weighted by Gasteiger charge is -2.26. The zero-order chi connectivity index (χ0) is 23.4. The van der Waals surface area contributed by atoms with Gasteiger partial charge in [0.15, 0.2) is 12.4 Å². The van der Waals surface area contributed by atoms with Gasteiger partial charge in [-0.05, 0) is 24.3 Å². The fourth-order valence-electron chi connectivity index (χ4n) is 3.19. The molecule has 4 rings (SSSR count). The maximum atomic E-state index is 12.8. The second-order valence-corrected chi connectivity index (χ2v) is 8.87. The predicted octanol–water partition coefficient (Wildman–Crippen LogP) is 2.25. The molecule has 2 heterocycles. The Balaban J connectivity index is 1.51. The third-order valence-corrected chi connectivity index (χ3v) is 6.78. The second kappa shape index (κ2) is 9.52. The molecule has 1 fully saturated rings. The number of nitrogens with zero attached hydrogens (tertiary/aromatic N) is 4. The number of aromatic nitrogens is 2. The quantitative estimate of drug-likeness (QED) is 0.350. The Morgan fingerprint density at radius 3 is 2.70 bits per heavy atom. The van der Waals surface area contributed by atoms with Crippen molar-refractivity contribution in [3.8, 4) is 22.9 Å². The fourth-order valence-corrected chi connectivity index (χ4v) is 4.62. The molecule has 1 aliphatic rings. The van der Waals surface area contributed by atoms with Crippen LogP contribution < -0.4 is 9.47 Å². The van der Waals surface area contributed by atoms with E-state index in [-0.39, 0.29) is 49.4 Å². The summed E-state index contributed by atoms with van der Waals surface area (Å²) in [6, 6.07) is 10.5. The zero-order valence-corrected chi connectivity index (χ0v) is 18.4. The summed E-state index contributed by atoms with van der Waals surface area (Å²) in [4.78, 5) is 14.9. The molecule has 0 amide bonds. The minimum absolute atomic E-state index is 0.0899. The number of nitro benzene ring substituents is 1. The van der Waals surface area contributed by atoms with Crippen molar-refractivity contribution in [2.24, 2.45) is 0 Å². The normalized spacial score (nSPS) is 14.7. The number of hydrogen-bond acceptors (Lipinski definition) is 10. The predicted molar refractivity (Wildman–Crippen MR) is 113 cm³/mol. The summed E-state index contributed by atoms with van der Waals surface area (Å²) in [5, 5.41) is 15.5. The topological polar surface area (TPSA) is 147 Å². The van der Waals surface area contributed by atoms with Crippen LogP contribution in [0.1, 0.15) is 5.89 Å². The van der Waals surface area contributed by atoms with Gasteiger partial charge in [-0.1, -0.05) is 17.3 Å². The van der Waals surface area contributed by atoms with E-state index in [0.29, 0.717) is 17.1 Å². The highest BCUT2D eigenvalue weighted by Gasteiger charge is 2.29. The molecule has 13 heteroatoms. The van der Waals surface area contributed by atoms with Gasteiger partial charge in [-0.25, -0.2) is 8.42 Å². The summed E-state index contributed by atoms with van der Waals surface area (Å²) in [7, 11) is -2.35. The minimum atomic E-state index is -3.89. The van der Waals surface area contributed by atoms with Gasteiger partial charge >= 0.3 is 5.69 Å². The van der Waals surface area contributed by atoms with E-state index in [4.69, 9.17) is 18.7 Å². The smallest absolute Gasteiger partial charge is 0.312 e. The summed E-state index contributed by atoms with van der Waals surface area (Å²) >= 11 is 0. The molecule has 1 aliphatic heterocycles. The van der Waals surface area contributed by atoms with Gasteiger partial charge in [-0.2, -0.15) is 9.29 Å². The van der Waals surface area contributed by atoms with Crippen LogP contribution in [-0.4, -0.2) is 61.2 Å². The van der Waals surface area contributed by atoms with Crippen LogP contribution in [0.4, 0.5) is 5.69 Å². The zero-order valence-electron chi connectivity index (χ0n) is 17.5. The Bertz CT molecular complexity index is 1250. The first-order valence-electron chi connectivity index (χ1n) is 9.84. The van der Waals surface area contributed by atoms with Crippen LogP contribution in [0, 0.1) is 10.1 Å². The van der Waals surface area contributed by atoms with Crippen LogP contribution in [0.3, 0.4) is 0 Å². The Hall–Kier alpha value is -3.55. The number of morpholine rings is 1. The van der Waals surface area contributed by atoms with Gasteiger partial charge in [-0.15, -0.1) is 0 Å². The third kappa shape index (κ3) is 4.94. The first kappa shape index (κ1) is 22.6. The first-order valence-corrected chi connectivity index (χ1v) is 11.3. The molecule has 3 aromatic rings. The minimum Gasteiger partial charge on any atom is -0.497 e. The summed E-state index contributed by atoms with van der Waals surface area (Å²) in [5.41, 5.74) is 0.171. The fraction of sp³-hybridized carbons (Fsp3) is 0.300. The molecular formula is C20H20N4O8S. The lowest BCUT2D eigenvalue weighted by Crippen LogP contribution is -2.40. The third-order valence-electron chi connectivity index (χ3n) is 4.88. The van der Waals surface area contributed by atoms with Crippen LogP contribution in [0.2, 0.25) is 0 Å². The van der Waals surface area contributed by atoms with Crippen LogP contribution in [0.25, 0.3) is 11.4 Å². The van der Waals surface area contributed by atoms with E-state index in [2.05, 4.69) is 10.1 Å². The average molecular weight is 476 g/mol. The van der Waals surface area contributed by atoms with E-state index in [1.807, 2.05) is 0 Å². The summed E-state index contributed by atoms with van der Waals surface area (Å²) in [6.45, 7) is 0.657. The van der Waals surface area contributed by atoms with Gasteiger partial charge < -0.3 is 18.7 Å². The number of nitro groups is 1. The van der Waals surface area contributed by atoms with E-state index in [0.717, 1.165) is 6.07 Å². The summed E-state index contributed by atoms with van der Waals surface area (Å²) < 4.78 is 47.8. The van der Waals surface area contributed by atoms with Crippen LogP contribution in [0.5, 0.6) is 11.5 Å². The van der Waals surface area contributed by atoms with Gasteiger partial charge in [-0.3, -0.25) is 10.1 Å².